The molecule has 0 unspecified atom stereocenters. The van der Waals surface area contributed by atoms with Gasteiger partial charge in [0.15, 0.2) is 11.3 Å². The van der Waals surface area contributed by atoms with Gasteiger partial charge in [0, 0.05) is 12.4 Å². The highest BCUT2D eigenvalue weighted by atomic mass is 79.9. The fourth-order valence-electron chi connectivity index (χ4n) is 1.99. The largest absolute Gasteiger partial charge is 0.461 e. The van der Waals surface area contributed by atoms with Crippen LogP contribution in [0.15, 0.2) is 11.1 Å². The summed E-state index contributed by atoms with van der Waals surface area (Å²) in [5, 5.41) is 8.47. The molecular weight excluding hydrogens is 354 g/mol. The summed E-state index contributed by atoms with van der Waals surface area (Å²) in [6, 6.07) is 0. The SMILES string of the molecule is Cn1nnc2c(C(=O)OCCCCCCCBr)ncn2c1=O. The van der Waals surface area contributed by atoms with Crippen LogP contribution in [-0.2, 0) is 11.8 Å². The summed E-state index contributed by atoms with van der Waals surface area (Å²) in [6.45, 7) is 0.338. The smallest absolute Gasteiger partial charge is 0.360 e. The van der Waals surface area contributed by atoms with Gasteiger partial charge in [-0.15, -0.1) is 5.10 Å². The van der Waals surface area contributed by atoms with E-state index in [9.17, 15) is 9.59 Å². The number of unbranched alkanes of at least 4 members (excludes halogenated alkanes) is 4. The molecule has 9 heteroatoms. The number of esters is 1. The van der Waals surface area contributed by atoms with Gasteiger partial charge >= 0.3 is 11.7 Å². The van der Waals surface area contributed by atoms with Crippen LogP contribution in [0.1, 0.15) is 42.6 Å². The minimum atomic E-state index is -0.578. The first-order valence-corrected chi connectivity index (χ1v) is 8.27. The second-order valence-electron chi connectivity index (χ2n) is 4.88. The Hall–Kier alpha value is -1.77. The van der Waals surface area contributed by atoms with Gasteiger partial charge in [0.1, 0.15) is 6.33 Å². The molecule has 0 atom stereocenters. The van der Waals surface area contributed by atoms with E-state index in [-0.39, 0.29) is 11.3 Å². The summed E-state index contributed by atoms with van der Waals surface area (Å²) >= 11 is 3.39. The zero-order valence-electron chi connectivity index (χ0n) is 12.4. The van der Waals surface area contributed by atoms with Crippen molar-refractivity contribution in [2.75, 3.05) is 11.9 Å². The van der Waals surface area contributed by atoms with Crippen LogP contribution in [0.3, 0.4) is 0 Å². The van der Waals surface area contributed by atoms with Crippen LogP contribution in [0.4, 0.5) is 0 Å². The maximum absolute atomic E-state index is 12.0. The van der Waals surface area contributed by atoms with Crippen molar-refractivity contribution in [3.63, 3.8) is 0 Å². The van der Waals surface area contributed by atoms with E-state index >= 15 is 0 Å². The van der Waals surface area contributed by atoms with Gasteiger partial charge in [0.25, 0.3) is 0 Å². The van der Waals surface area contributed by atoms with Crippen LogP contribution in [0.5, 0.6) is 0 Å². The van der Waals surface area contributed by atoms with Crippen LogP contribution in [-0.4, -0.2) is 42.3 Å². The normalized spacial score (nSPS) is 11.0. The highest BCUT2D eigenvalue weighted by Crippen LogP contribution is 2.07. The van der Waals surface area contributed by atoms with Crippen molar-refractivity contribution in [1.29, 1.82) is 0 Å². The van der Waals surface area contributed by atoms with Gasteiger partial charge in [-0.05, 0) is 12.8 Å². The zero-order chi connectivity index (χ0) is 15.9. The zero-order valence-corrected chi connectivity index (χ0v) is 14.0. The first-order valence-electron chi connectivity index (χ1n) is 7.15. The monoisotopic (exact) mass is 371 g/mol. The maximum Gasteiger partial charge on any atom is 0.360 e. The van der Waals surface area contributed by atoms with Gasteiger partial charge in [0.05, 0.1) is 6.61 Å². The summed E-state index contributed by atoms with van der Waals surface area (Å²) in [6.07, 6.45) is 6.54. The molecule has 2 aromatic heterocycles. The molecule has 0 aliphatic heterocycles. The van der Waals surface area contributed by atoms with E-state index in [0.717, 1.165) is 35.7 Å². The molecule has 22 heavy (non-hydrogen) atoms. The van der Waals surface area contributed by atoms with Gasteiger partial charge in [0.2, 0.25) is 0 Å². The maximum atomic E-state index is 12.0. The van der Waals surface area contributed by atoms with E-state index in [1.165, 1.54) is 24.2 Å². The quantitative estimate of drug-likeness (QED) is 0.394. The van der Waals surface area contributed by atoms with Crippen molar-refractivity contribution in [3.05, 3.63) is 22.5 Å². The standard InChI is InChI=1S/C13H18BrN5O3/c1-18-13(21)19-9-15-10(11(19)16-17-18)12(20)22-8-6-4-2-3-5-7-14/h9H,2-8H2,1H3. The van der Waals surface area contributed by atoms with Gasteiger partial charge in [-0.25, -0.2) is 19.0 Å². The third kappa shape index (κ3) is 3.90. The van der Waals surface area contributed by atoms with E-state index in [2.05, 4.69) is 31.2 Å². The second-order valence-corrected chi connectivity index (χ2v) is 5.67. The lowest BCUT2D eigenvalue weighted by Gasteiger charge is -2.03. The lowest BCUT2D eigenvalue weighted by atomic mass is 10.2. The number of imidazole rings is 1. The summed E-state index contributed by atoms with van der Waals surface area (Å²) in [4.78, 5) is 27.7. The summed E-state index contributed by atoms with van der Waals surface area (Å²) in [5.74, 6) is -0.578. The van der Waals surface area contributed by atoms with E-state index in [1.807, 2.05) is 0 Å². The van der Waals surface area contributed by atoms with Crippen molar-refractivity contribution in [2.45, 2.75) is 32.1 Å². The Labute approximate surface area is 135 Å². The average molecular weight is 372 g/mol. The fraction of sp³-hybridized carbons (Fsp3) is 0.615. The van der Waals surface area contributed by atoms with Gasteiger partial charge in [-0.3, -0.25) is 0 Å². The molecule has 0 bridgehead atoms. The second kappa shape index (κ2) is 8.02. The molecule has 0 spiro atoms. The fourth-order valence-corrected chi connectivity index (χ4v) is 2.38. The van der Waals surface area contributed by atoms with Crippen molar-refractivity contribution >= 4 is 27.5 Å². The van der Waals surface area contributed by atoms with Crippen molar-refractivity contribution in [3.8, 4) is 0 Å². The number of hydrogen-bond acceptors (Lipinski definition) is 6. The average Bonchev–Trinajstić information content (AvgIpc) is 2.94. The molecule has 120 valence electrons. The van der Waals surface area contributed by atoms with Gasteiger partial charge in [-0.1, -0.05) is 40.4 Å². The minimum absolute atomic E-state index is 0.0180. The Bertz CT molecular complexity index is 697. The van der Waals surface area contributed by atoms with E-state index in [1.54, 1.807) is 0 Å². The number of rotatable bonds is 8. The van der Waals surface area contributed by atoms with Crippen molar-refractivity contribution in [2.24, 2.45) is 7.05 Å². The first kappa shape index (κ1) is 16.6. The Kier molecular flexibility index (Phi) is 6.05. The Morgan fingerprint density at radius 3 is 2.77 bits per heavy atom. The number of fused-ring (bicyclic) bond motifs is 1. The number of alkyl halides is 1. The molecule has 0 fully saturated rings. The van der Waals surface area contributed by atoms with Crippen molar-refractivity contribution in [1.82, 2.24) is 24.4 Å². The predicted octanol–water partition coefficient (Wildman–Crippen LogP) is 1.33. The van der Waals surface area contributed by atoms with Crippen LogP contribution in [0.25, 0.3) is 5.65 Å². The number of aromatic nitrogens is 5. The molecule has 8 nitrogen and oxygen atoms in total. The molecule has 2 rings (SSSR count). The van der Waals surface area contributed by atoms with E-state index in [0.29, 0.717) is 6.61 Å². The number of hydrogen-bond donors (Lipinski definition) is 0. The highest BCUT2D eigenvalue weighted by Gasteiger charge is 2.18. The number of ether oxygens (including phenoxy) is 1. The molecule has 0 radical (unpaired) electrons. The topological polar surface area (TPSA) is 91.4 Å². The summed E-state index contributed by atoms with van der Waals surface area (Å²) < 4.78 is 7.41. The van der Waals surface area contributed by atoms with E-state index in [4.69, 9.17) is 4.74 Å². The van der Waals surface area contributed by atoms with Crippen molar-refractivity contribution < 1.29 is 9.53 Å². The first-order chi connectivity index (χ1) is 10.6. The third-order valence-corrected chi connectivity index (χ3v) is 3.76. The third-order valence-electron chi connectivity index (χ3n) is 3.20. The lowest BCUT2D eigenvalue weighted by Crippen LogP contribution is -2.27. The molecule has 0 aliphatic carbocycles. The Morgan fingerprint density at radius 1 is 1.27 bits per heavy atom. The molecule has 0 saturated heterocycles. The number of carbonyl (C=O) groups excluding carboxylic acids is 1. The van der Waals surface area contributed by atoms with Crippen LogP contribution in [0, 0.1) is 0 Å². The summed E-state index contributed by atoms with van der Waals surface area (Å²) in [5.41, 5.74) is -0.279. The molecule has 0 N–H and O–H groups in total. The van der Waals surface area contributed by atoms with Gasteiger partial charge in [-0.2, -0.15) is 4.68 Å². The highest BCUT2D eigenvalue weighted by molar-refractivity contribution is 9.09. The summed E-state index contributed by atoms with van der Waals surface area (Å²) in [7, 11) is 1.47. The van der Waals surface area contributed by atoms with Crippen LogP contribution in [0.2, 0.25) is 0 Å². The minimum Gasteiger partial charge on any atom is -0.461 e. The Balaban J connectivity index is 1.88. The number of halogens is 1. The number of aryl methyl sites for hydroxylation is 1. The predicted molar refractivity (Wildman–Crippen MR) is 83.2 cm³/mol. The molecule has 0 amide bonds. The molecule has 0 saturated carbocycles. The molecule has 0 aromatic carbocycles. The van der Waals surface area contributed by atoms with E-state index < -0.39 is 11.7 Å². The lowest BCUT2D eigenvalue weighted by molar-refractivity contribution is 0.0493. The molecule has 2 aromatic rings. The van der Waals surface area contributed by atoms with Crippen LogP contribution < -0.4 is 5.69 Å². The molecule has 0 aliphatic rings. The number of carbonyl (C=O) groups is 1. The molecular formula is C13H18BrN5O3. The number of nitrogens with zero attached hydrogens (tertiary/aromatic N) is 5. The Morgan fingerprint density at radius 2 is 2.00 bits per heavy atom. The van der Waals surface area contributed by atoms with Crippen LogP contribution >= 0.6 is 15.9 Å². The molecule has 2 heterocycles. The van der Waals surface area contributed by atoms with Gasteiger partial charge < -0.3 is 4.74 Å².